The van der Waals surface area contributed by atoms with Gasteiger partial charge >= 0.3 is 0 Å². The topological polar surface area (TPSA) is 63.2 Å². The molecule has 0 unspecified atom stereocenters. The van der Waals surface area contributed by atoms with E-state index >= 15 is 0 Å². The van der Waals surface area contributed by atoms with Crippen LogP contribution < -0.4 is 5.32 Å². The molecule has 1 aliphatic carbocycles. The number of rotatable bonds is 5. The second-order valence-electron chi connectivity index (χ2n) is 6.34. The van der Waals surface area contributed by atoms with Gasteiger partial charge < -0.3 is 5.32 Å². The zero-order valence-corrected chi connectivity index (χ0v) is 14.2. The third-order valence-corrected chi connectivity index (χ3v) is 5.51. The van der Waals surface area contributed by atoms with Gasteiger partial charge in [-0.25, -0.2) is 8.42 Å². The van der Waals surface area contributed by atoms with Crippen molar-refractivity contribution >= 4 is 15.7 Å². The summed E-state index contributed by atoms with van der Waals surface area (Å²) >= 11 is 0. The van der Waals surface area contributed by atoms with Crippen LogP contribution in [-0.2, 0) is 20.0 Å². The van der Waals surface area contributed by atoms with Gasteiger partial charge in [0.15, 0.2) is 0 Å². The van der Waals surface area contributed by atoms with E-state index in [1.165, 1.54) is 6.26 Å². The fraction of sp³-hybridized carbons (Fsp3) is 0.588. The standard InChI is InChI=1S/C17H25NO3S/c1-14-8-4-5-9-15(14)17(10-6-3-7-11-17)16(19)18-12-13-22(2,20)21/h4-5,8-9H,3,6-7,10-13H2,1-2H3,(H,18,19). The quantitative estimate of drug-likeness (QED) is 0.905. The molecular formula is C17H25NO3S. The summed E-state index contributed by atoms with van der Waals surface area (Å²) in [6, 6.07) is 8.03. The Bertz CT molecular complexity index is 631. The van der Waals surface area contributed by atoms with Crippen molar-refractivity contribution in [3.05, 3.63) is 35.4 Å². The highest BCUT2D eigenvalue weighted by Gasteiger charge is 2.41. The Morgan fingerprint density at radius 3 is 2.41 bits per heavy atom. The molecule has 0 aliphatic heterocycles. The van der Waals surface area contributed by atoms with Crippen LogP contribution in [0.3, 0.4) is 0 Å². The molecule has 1 amide bonds. The van der Waals surface area contributed by atoms with Crippen molar-refractivity contribution in [2.24, 2.45) is 0 Å². The van der Waals surface area contributed by atoms with Gasteiger partial charge in [0, 0.05) is 12.8 Å². The molecule has 1 fully saturated rings. The van der Waals surface area contributed by atoms with Crippen molar-refractivity contribution in [3.63, 3.8) is 0 Å². The van der Waals surface area contributed by atoms with E-state index in [0.29, 0.717) is 0 Å². The van der Waals surface area contributed by atoms with Crippen LogP contribution in [-0.4, -0.2) is 32.9 Å². The Balaban J connectivity index is 2.22. The van der Waals surface area contributed by atoms with E-state index in [1.807, 2.05) is 31.2 Å². The van der Waals surface area contributed by atoms with E-state index in [1.54, 1.807) is 0 Å². The maximum atomic E-state index is 12.9. The lowest BCUT2D eigenvalue weighted by molar-refractivity contribution is -0.128. The predicted molar refractivity (Wildman–Crippen MR) is 88.7 cm³/mol. The maximum absolute atomic E-state index is 12.9. The summed E-state index contributed by atoms with van der Waals surface area (Å²) in [5.41, 5.74) is 1.72. The van der Waals surface area contributed by atoms with Crippen molar-refractivity contribution in [2.75, 3.05) is 18.6 Å². The average molecular weight is 323 g/mol. The van der Waals surface area contributed by atoms with Crippen LogP contribution in [0.5, 0.6) is 0 Å². The summed E-state index contributed by atoms with van der Waals surface area (Å²) in [6.07, 6.45) is 6.09. The van der Waals surface area contributed by atoms with E-state index < -0.39 is 15.3 Å². The fourth-order valence-electron chi connectivity index (χ4n) is 3.40. The molecule has 0 aromatic heterocycles. The summed E-state index contributed by atoms with van der Waals surface area (Å²) in [6.45, 7) is 2.22. The Labute approximate surface area is 133 Å². The van der Waals surface area contributed by atoms with Crippen LogP contribution in [0.15, 0.2) is 24.3 Å². The van der Waals surface area contributed by atoms with E-state index in [-0.39, 0.29) is 18.2 Å². The SMILES string of the molecule is Cc1ccccc1C1(C(=O)NCCS(C)(=O)=O)CCCCC1. The van der Waals surface area contributed by atoms with Gasteiger partial charge in [-0.15, -0.1) is 0 Å². The number of carbonyl (C=O) groups is 1. The third-order valence-electron chi connectivity index (χ3n) is 4.56. The van der Waals surface area contributed by atoms with Gasteiger partial charge in [0.25, 0.3) is 0 Å². The minimum Gasteiger partial charge on any atom is -0.354 e. The third kappa shape index (κ3) is 3.88. The molecule has 1 aliphatic rings. The molecule has 1 saturated carbocycles. The van der Waals surface area contributed by atoms with Crippen molar-refractivity contribution < 1.29 is 13.2 Å². The molecule has 0 bridgehead atoms. The second kappa shape index (κ2) is 6.82. The van der Waals surface area contributed by atoms with Crippen LogP contribution in [0.1, 0.15) is 43.2 Å². The van der Waals surface area contributed by atoms with Gasteiger partial charge in [0.05, 0.1) is 11.2 Å². The van der Waals surface area contributed by atoms with Gasteiger partial charge in [0.2, 0.25) is 5.91 Å². The van der Waals surface area contributed by atoms with Crippen molar-refractivity contribution in [3.8, 4) is 0 Å². The van der Waals surface area contributed by atoms with Gasteiger partial charge in [-0.05, 0) is 30.9 Å². The zero-order chi connectivity index (χ0) is 16.2. The van der Waals surface area contributed by atoms with Crippen LogP contribution in [0, 0.1) is 6.92 Å². The fourth-order valence-corrected chi connectivity index (χ4v) is 3.88. The average Bonchev–Trinajstić information content (AvgIpc) is 2.47. The van der Waals surface area contributed by atoms with Crippen LogP contribution in [0.25, 0.3) is 0 Å². The Kier molecular flexibility index (Phi) is 5.27. The van der Waals surface area contributed by atoms with E-state index in [2.05, 4.69) is 5.32 Å². The number of carbonyl (C=O) groups excluding carboxylic acids is 1. The molecule has 0 atom stereocenters. The van der Waals surface area contributed by atoms with Gasteiger partial charge in [-0.1, -0.05) is 43.5 Å². The van der Waals surface area contributed by atoms with Crippen LogP contribution in [0.2, 0.25) is 0 Å². The Morgan fingerprint density at radius 2 is 1.82 bits per heavy atom. The number of benzene rings is 1. The first kappa shape index (κ1) is 17.0. The highest BCUT2D eigenvalue weighted by Crippen LogP contribution is 2.41. The van der Waals surface area contributed by atoms with Gasteiger partial charge in [-0.2, -0.15) is 0 Å². The number of hydrogen-bond donors (Lipinski definition) is 1. The highest BCUT2D eigenvalue weighted by atomic mass is 32.2. The summed E-state index contributed by atoms with van der Waals surface area (Å²) in [5, 5.41) is 2.86. The minimum atomic E-state index is -3.06. The molecule has 122 valence electrons. The molecule has 1 aromatic rings. The number of amides is 1. The van der Waals surface area contributed by atoms with Crippen LogP contribution in [0.4, 0.5) is 0 Å². The van der Waals surface area contributed by atoms with Crippen LogP contribution >= 0.6 is 0 Å². The van der Waals surface area contributed by atoms with E-state index in [9.17, 15) is 13.2 Å². The minimum absolute atomic E-state index is 0.0113. The molecule has 0 spiro atoms. The van der Waals surface area contributed by atoms with Crippen molar-refractivity contribution in [1.29, 1.82) is 0 Å². The van der Waals surface area contributed by atoms with Crippen molar-refractivity contribution in [1.82, 2.24) is 5.32 Å². The lowest BCUT2D eigenvalue weighted by Gasteiger charge is -2.37. The molecule has 1 N–H and O–H groups in total. The van der Waals surface area contributed by atoms with Crippen molar-refractivity contribution in [2.45, 2.75) is 44.4 Å². The van der Waals surface area contributed by atoms with Gasteiger partial charge in [0.1, 0.15) is 9.84 Å². The van der Waals surface area contributed by atoms with E-state index in [4.69, 9.17) is 0 Å². The second-order valence-corrected chi connectivity index (χ2v) is 8.60. The normalized spacial score (nSPS) is 17.9. The van der Waals surface area contributed by atoms with Gasteiger partial charge in [-0.3, -0.25) is 4.79 Å². The molecule has 22 heavy (non-hydrogen) atoms. The van der Waals surface area contributed by atoms with E-state index in [0.717, 1.165) is 43.2 Å². The summed E-state index contributed by atoms with van der Waals surface area (Å²) in [4.78, 5) is 12.9. The Hall–Kier alpha value is -1.36. The summed E-state index contributed by atoms with van der Waals surface area (Å²) < 4.78 is 22.5. The molecule has 0 saturated heterocycles. The summed E-state index contributed by atoms with van der Waals surface area (Å²) in [7, 11) is -3.06. The highest BCUT2D eigenvalue weighted by molar-refractivity contribution is 7.90. The smallest absolute Gasteiger partial charge is 0.230 e. The lowest BCUT2D eigenvalue weighted by Crippen LogP contribution is -2.47. The molecule has 2 rings (SSSR count). The monoisotopic (exact) mass is 323 g/mol. The molecule has 5 heteroatoms. The summed E-state index contributed by atoms with van der Waals surface area (Å²) in [5.74, 6) is -0.0343. The molecule has 4 nitrogen and oxygen atoms in total. The number of hydrogen-bond acceptors (Lipinski definition) is 3. The maximum Gasteiger partial charge on any atom is 0.230 e. The first-order valence-corrected chi connectivity index (χ1v) is 9.93. The molecule has 0 heterocycles. The lowest BCUT2D eigenvalue weighted by atomic mass is 9.67. The predicted octanol–water partition coefficient (Wildman–Crippen LogP) is 2.36. The number of sulfone groups is 1. The molecule has 0 radical (unpaired) electrons. The molecule has 1 aromatic carbocycles. The number of nitrogens with one attached hydrogen (secondary N) is 1. The first-order chi connectivity index (χ1) is 10.4. The first-order valence-electron chi connectivity index (χ1n) is 7.87. The Morgan fingerprint density at radius 1 is 1.18 bits per heavy atom. The largest absolute Gasteiger partial charge is 0.354 e. The molecular weight excluding hydrogens is 298 g/mol. The number of aryl methyl sites for hydroxylation is 1. The zero-order valence-electron chi connectivity index (χ0n) is 13.4.